The van der Waals surface area contributed by atoms with E-state index < -0.39 is 23.7 Å². The second-order valence-corrected chi connectivity index (χ2v) is 8.32. The summed E-state index contributed by atoms with van der Waals surface area (Å²) in [4.78, 5) is 24.7. The highest BCUT2D eigenvalue weighted by atomic mass is 35.5. The molecule has 0 amide bonds. The molecular weight excluding hydrogens is 475 g/mol. The first-order chi connectivity index (χ1) is 16.4. The van der Waals surface area contributed by atoms with Crippen molar-refractivity contribution in [1.82, 2.24) is 0 Å². The number of azo groups is 1. The van der Waals surface area contributed by atoms with E-state index in [0.717, 1.165) is 5.56 Å². The molecule has 0 aliphatic carbocycles. The third kappa shape index (κ3) is 6.89. The van der Waals surface area contributed by atoms with Crippen LogP contribution in [0.4, 0.5) is 5.69 Å². The Morgan fingerprint density at radius 3 is 2.32 bits per heavy atom. The maximum absolute atomic E-state index is 12.7. The summed E-state index contributed by atoms with van der Waals surface area (Å²) in [6.07, 6.45) is 0. The van der Waals surface area contributed by atoms with Crippen molar-refractivity contribution in [3.05, 3.63) is 94.0 Å². The number of Topliss-reactive ketones (excluding diaryl/α,β-unsaturated/α-hetero) is 1. The Morgan fingerprint density at radius 1 is 0.971 bits per heavy atom. The molecule has 0 fully saturated rings. The molecule has 0 aliphatic rings. The molecule has 0 bridgehead atoms. The van der Waals surface area contributed by atoms with Crippen LogP contribution in [0, 0.1) is 5.92 Å². The van der Waals surface area contributed by atoms with Gasteiger partial charge in [0.1, 0.15) is 24.1 Å². The van der Waals surface area contributed by atoms with E-state index in [0.29, 0.717) is 33.7 Å². The number of ketones is 1. The number of benzene rings is 3. The highest BCUT2D eigenvalue weighted by molar-refractivity contribution is 6.36. The number of esters is 1. The third-order valence-electron chi connectivity index (χ3n) is 5.03. The number of hydrogen-bond acceptors (Lipinski definition) is 6. The molecule has 0 radical (unpaired) electrons. The van der Waals surface area contributed by atoms with Crippen molar-refractivity contribution in [1.29, 1.82) is 0 Å². The predicted octanol–water partition coefficient (Wildman–Crippen LogP) is 7.17. The Hall–Kier alpha value is -3.22. The fourth-order valence-electron chi connectivity index (χ4n) is 3.18. The first kappa shape index (κ1) is 25.4. The molecule has 2 unspecified atom stereocenters. The maximum atomic E-state index is 12.7. The number of ether oxygens (including phenoxy) is 2. The summed E-state index contributed by atoms with van der Waals surface area (Å²) >= 11 is 12.2. The normalized spacial score (nSPS) is 12.8. The van der Waals surface area contributed by atoms with Crippen molar-refractivity contribution in [2.45, 2.75) is 26.5 Å². The van der Waals surface area contributed by atoms with Crippen molar-refractivity contribution < 1.29 is 19.1 Å². The summed E-state index contributed by atoms with van der Waals surface area (Å²) in [5.41, 5.74) is 2.13. The van der Waals surface area contributed by atoms with Crippen LogP contribution in [0.3, 0.4) is 0 Å². The molecule has 3 aromatic carbocycles. The zero-order chi connectivity index (χ0) is 24.5. The van der Waals surface area contributed by atoms with Crippen LogP contribution in [-0.4, -0.2) is 18.4 Å². The Kier molecular flexibility index (Phi) is 9.19. The summed E-state index contributed by atoms with van der Waals surface area (Å²) in [5, 5.41) is 9.39. The fourth-order valence-corrected chi connectivity index (χ4v) is 3.62. The second kappa shape index (κ2) is 12.3. The largest absolute Gasteiger partial charge is 0.489 e. The highest BCUT2D eigenvalue weighted by Crippen LogP contribution is 2.33. The van der Waals surface area contributed by atoms with Gasteiger partial charge in [-0.3, -0.25) is 4.79 Å². The van der Waals surface area contributed by atoms with Gasteiger partial charge in [0, 0.05) is 5.02 Å². The van der Waals surface area contributed by atoms with Crippen LogP contribution in [0.1, 0.15) is 31.0 Å². The van der Waals surface area contributed by atoms with E-state index in [1.807, 2.05) is 30.3 Å². The molecule has 6 nitrogen and oxygen atoms in total. The number of nitrogens with zero attached hydrogens (tertiary/aromatic N) is 2. The molecule has 3 rings (SSSR count). The molecule has 8 heteroatoms. The molecule has 34 heavy (non-hydrogen) atoms. The van der Waals surface area contributed by atoms with E-state index in [-0.39, 0.29) is 6.61 Å². The number of halogens is 2. The number of carbonyl (C=O) groups excluding carboxylic acids is 2. The Balaban J connectivity index is 1.84. The van der Waals surface area contributed by atoms with Gasteiger partial charge in [-0.2, -0.15) is 10.2 Å². The lowest BCUT2D eigenvalue weighted by Gasteiger charge is -2.18. The van der Waals surface area contributed by atoms with Crippen LogP contribution in [-0.2, 0) is 20.9 Å². The molecule has 0 saturated carbocycles. The monoisotopic (exact) mass is 498 g/mol. The van der Waals surface area contributed by atoms with E-state index in [4.69, 9.17) is 32.7 Å². The van der Waals surface area contributed by atoms with Gasteiger partial charge in [0.2, 0.25) is 5.78 Å². The van der Waals surface area contributed by atoms with E-state index >= 15 is 0 Å². The molecule has 0 aromatic heterocycles. The number of carbonyl (C=O) groups is 2. The van der Waals surface area contributed by atoms with E-state index in [9.17, 15) is 9.59 Å². The smallest absolute Gasteiger partial charge is 0.374 e. The summed E-state index contributed by atoms with van der Waals surface area (Å²) in [5.74, 6) is -1.74. The highest BCUT2D eigenvalue weighted by Gasteiger charge is 2.31. The maximum Gasteiger partial charge on any atom is 0.374 e. The van der Waals surface area contributed by atoms with Crippen LogP contribution in [0.5, 0.6) is 5.75 Å². The first-order valence-electron chi connectivity index (χ1n) is 10.7. The van der Waals surface area contributed by atoms with Gasteiger partial charge in [-0.1, -0.05) is 72.6 Å². The fraction of sp³-hybridized carbons (Fsp3) is 0.231. The molecular formula is C26H24Cl2N2O4. The van der Waals surface area contributed by atoms with Crippen LogP contribution in [0.15, 0.2) is 83.0 Å². The lowest BCUT2D eigenvalue weighted by atomic mass is 9.91. The van der Waals surface area contributed by atoms with Crippen LogP contribution >= 0.6 is 23.2 Å². The molecule has 2 atom stereocenters. The minimum absolute atomic E-state index is 0.108. The number of rotatable bonds is 10. The topological polar surface area (TPSA) is 77.3 Å². The average Bonchev–Trinajstić information content (AvgIpc) is 2.85. The SMILES string of the molecule is CCOC(=O)C(=O)C(C)C(N=Nc1ccc(Cl)cc1Cl)c1ccc(OCc2ccccc2)cc1. The van der Waals surface area contributed by atoms with Crippen LogP contribution in [0.25, 0.3) is 0 Å². The Morgan fingerprint density at radius 2 is 1.68 bits per heavy atom. The van der Waals surface area contributed by atoms with Gasteiger partial charge in [0.05, 0.1) is 17.5 Å². The van der Waals surface area contributed by atoms with Gasteiger partial charge in [-0.25, -0.2) is 4.79 Å². The molecule has 0 saturated heterocycles. The molecule has 0 spiro atoms. The minimum atomic E-state index is -0.900. The van der Waals surface area contributed by atoms with Gasteiger partial charge in [0.25, 0.3) is 0 Å². The van der Waals surface area contributed by atoms with Crippen molar-refractivity contribution >= 4 is 40.6 Å². The zero-order valence-corrected chi connectivity index (χ0v) is 20.3. The summed E-state index contributed by atoms with van der Waals surface area (Å²) < 4.78 is 10.7. The van der Waals surface area contributed by atoms with Crippen molar-refractivity contribution in [2.75, 3.05) is 6.61 Å². The van der Waals surface area contributed by atoms with E-state index in [1.165, 1.54) is 0 Å². The predicted molar refractivity (Wildman–Crippen MR) is 132 cm³/mol. The lowest BCUT2D eigenvalue weighted by Crippen LogP contribution is -2.27. The van der Waals surface area contributed by atoms with E-state index in [1.54, 1.807) is 56.3 Å². The van der Waals surface area contributed by atoms with Crippen molar-refractivity contribution in [2.24, 2.45) is 16.1 Å². The average molecular weight is 499 g/mol. The van der Waals surface area contributed by atoms with Crippen molar-refractivity contribution in [3.8, 4) is 5.75 Å². The third-order valence-corrected chi connectivity index (χ3v) is 5.57. The molecule has 176 valence electrons. The minimum Gasteiger partial charge on any atom is -0.489 e. The second-order valence-electron chi connectivity index (χ2n) is 7.47. The first-order valence-corrected chi connectivity index (χ1v) is 11.5. The zero-order valence-electron chi connectivity index (χ0n) is 18.8. The number of hydrogen-bond donors (Lipinski definition) is 0. The van der Waals surface area contributed by atoms with Gasteiger partial charge in [-0.15, -0.1) is 0 Å². The van der Waals surface area contributed by atoms with Gasteiger partial charge in [0.15, 0.2) is 0 Å². The van der Waals surface area contributed by atoms with Gasteiger partial charge >= 0.3 is 5.97 Å². The molecule has 0 heterocycles. The lowest BCUT2D eigenvalue weighted by molar-refractivity contribution is -0.155. The quantitative estimate of drug-likeness (QED) is 0.168. The van der Waals surface area contributed by atoms with Crippen LogP contribution < -0.4 is 4.74 Å². The summed E-state index contributed by atoms with van der Waals surface area (Å²) in [6.45, 7) is 3.80. The Bertz CT molecular complexity index is 1150. The summed E-state index contributed by atoms with van der Waals surface area (Å²) in [7, 11) is 0. The summed E-state index contributed by atoms with van der Waals surface area (Å²) in [6, 6.07) is 21.1. The molecule has 0 aliphatic heterocycles. The van der Waals surface area contributed by atoms with Gasteiger partial charge < -0.3 is 9.47 Å². The molecule has 0 N–H and O–H groups in total. The standard InChI is InChI=1S/C26H24Cl2N2O4/c1-3-33-26(32)25(31)17(2)24(30-29-23-14-11-20(27)15-22(23)28)19-9-12-21(13-10-19)34-16-18-7-5-4-6-8-18/h4-15,17,24H,3,16H2,1-2H3. The van der Waals surface area contributed by atoms with Crippen molar-refractivity contribution in [3.63, 3.8) is 0 Å². The van der Waals surface area contributed by atoms with Crippen LogP contribution in [0.2, 0.25) is 10.0 Å². The van der Waals surface area contributed by atoms with E-state index in [2.05, 4.69) is 10.2 Å². The van der Waals surface area contributed by atoms with Gasteiger partial charge in [-0.05, 0) is 48.4 Å². The molecule has 3 aromatic rings. The Labute approximate surface area is 208 Å².